The summed E-state index contributed by atoms with van der Waals surface area (Å²) >= 11 is 1.18. The predicted octanol–water partition coefficient (Wildman–Crippen LogP) is 3.47. The van der Waals surface area contributed by atoms with Crippen LogP contribution in [0.1, 0.15) is 57.8 Å². The second-order valence-corrected chi connectivity index (χ2v) is 14.1. The number of hydrogen-bond donors (Lipinski definition) is 1. The van der Waals surface area contributed by atoms with Crippen LogP contribution >= 0.6 is 11.3 Å². The summed E-state index contributed by atoms with van der Waals surface area (Å²) in [5.74, 6) is -0.331. The number of nitrogens with one attached hydrogen (secondary N) is 1. The highest BCUT2D eigenvalue weighted by molar-refractivity contribution is 7.21. The fraction of sp³-hybridized carbons (Fsp3) is 0.545. The van der Waals surface area contributed by atoms with Gasteiger partial charge in [0.25, 0.3) is 5.56 Å². The van der Waals surface area contributed by atoms with E-state index >= 15 is 0 Å². The molecule has 0 radical (unpaired) electrons. The second kappa shape index (κ2) is 13.9. The lowest BCUT2D eigenvalue weighted by atomic mass is 10.0. The highest BCUT2D eigenvalue weighted by Gasteiger charge is 2.37. The van der Waals surface area contributed by atoms with Crippen LogP contribution in [0.2, 0.25) is 0 Å². The first-order valence-corrected chi connectivity index (χ1v) is 17.0. The first-order chi connectivity index (χ1) is 23.0. The van der Waals surface area contributed by atoms with Crippen LogP contribution in [0.3, 0.4) is 0 Å². The largest absolute Gasteiger partial charge is 0.493 e. The molecule has 13 nitrogen and oxygen atoms in total. The van der Waals surface area contributed by atoms with Crippen LogP contribution in [0, 0.1) is 18.7 Å². The van der Waals surface area contributed by atoms with Gasteiger partial charge in [0.2, 0.25) is 5.91 Å². The van der Waals surface area contributed by atoms with Gasteiger partial charge in [-0.1, -0.05) is 11.3 Å². The Morgan fingerprint density at radius 1 is 1.15 bits per heavy atom. The van der Waals surface area contributed by atoms with Crippen LogP contribution in [0.4, 0.5) is 4.39 Å². The molecule has 2 aliphatic rings. The quantitative estimate of drug-likeness (QED) is 0.238. The van der Waals surface area contributed by atoms with Crippen molar-refractivity contribution in [2.75, 3.05) is 33.0 Å². The van der Waals surface area contributed by atoms with Gasteiger partial charge in [-0.3, -0.25) is 14.2 Å². The third-order valence-corrected chi connectivity index (χ3v) is 9.98. The number of nitrogens with zero attached hydrogens (tertiary/aromatic N) is 5. The van der Waals surface area contributed by atoms with Gasteiger partial charge in [0, 0.05) is 36.3 Å². The van der Waals surface area contributed by atoms with Gasteiger partial charge in [-0.25, -0.2) is 13.8 Å². The molecule has 1 N–H and O–H groups in total. The van der Waals surface area contributed by atoms with E-state index < -0.39 is 34.6 Å². The van der Waals surface area contributed by atoms with E-state index in [0.29, 0.717) is 72.6 Å². The molecule has 2 fully saturated rings. The zero-order valence-corrected chi connectivity index (χ0v) is 28.5. The lowest BCUT2D eigenvalue weighted by Crippen LogP contribution is -2.56. The van der Waals surface area contributed by atoms with Gasteiger partial charge in [-0.15, -0.1) is 4.80 Å². The first kappa shape index (κ1) is 34.0. The summed E-state index contributed by atoms with van der Waals surface area (Å²) in [4.78, 5) is 44.2. The van der Waals surface area contributed by atoms with Crippen molar-refractivity contribution in [2.45, 2.75) is 77.8 Å². The summed E-state index contributed by atoms with van der Waals surface area (Å²) in [6.07, 6.45) is 3.16. The van der Waals surface area contributed by atoms with E-state index in [9.17, 15) is 18.8 Å². The Kier molecular flexibility index (Phi) is 9.83. The lowest BCUT2D eigenvalue weighted by molar-refractivity contribution is -0.129. The third-order valence-electron chi connectivity index (χ3n) is 8.70. The number of fused-ring (bicyclic) bond motifs is 1. The Balaban J connectivity index is 1.54. The zero-order valence-electron chi connectivity index (χ0n) is 27.7. The van der Waals surface area contributed by atoms with Crippen molar-refractivity contribution >= 4 is 27.5 Å². The number of carbonyl (C=O) groups excluding carboxylic acids is 1. The smallest absolute Gasteiger partial charge is 0.333 e. The molecule has 0 aliphatic carbocycles. The summed E-state index contributed by atoms with van der Waals surface area (Å²) in [5.41, 5.74) is -1.90. The SMILES string of the molecule is Cc1c(-n2nccn2)sc2c1c(=O)n(C(C)(C)C(=O)NC(C)C)c(=O)n2C[C@H](OC1CCOCC1)c1cc(F)ccc1OCC1COC1. The topological polar surface area (TPSA) is 141 Å². The molecule has 1 atom stereocenters. The van der Waals surface area contributed by atoms with Crippen LogP contribution in [-0.4, -0.2) is 75.2 Å². The molecule has 15 heteroatoms. The summed E-state index contributed by atoms with van der Waals surface area (Å²) < 4.78 is 41.2. The van der Waals surface area contributed by atoms with Crippen LogP contribution in [0.15, 0.2) is 40.2 Å². The summed E-state index contributed by atoms with van der Waals surface area (Å²) in [5, 5.41) is 12.2. The number of carbonyl (C=O) groups is 1. The maximum Gasteiger partial charge on any atom is 0.333 e. The summed E-state index contributed by atoms with van der Waals surface area (Å²) in [6, 6.07) is 4.04. The van der Waals surface area contributed by atoms with E-state index in [4.69, 9.17) is 18.9 Å². The van der Waals surface area contributed by atoms with Crippen molar-refractivity contribution in [3.05, 3.63) is 68.4 Å². The number of aromatic nitrogens is 5. The minimum atomic E-state index is -1.57. The monoisotopic (exact) mass is 684 g/mol. The molecule has 2 saturated heterocycles. The minimum Gasteiger partial charge on any atom is -0.493 e. The van der Waals surface area contributed by atoms with E-state index in [0.717, 1.165) is 4.57 Å². The molecule has 0 unspecified atom stereocenters. The Hall–Kier alpha value is -3.92. The maximum absolute atomic E-state index is 15.0. The third kappa shape index (κ3) is 6.68. The Morgan fingerprint density at radius 3 is 2.50 bits per heavy atom. The minimum absolute atomic E-state index is 0.104. The number of ether oxygens (including phenoxy) is 4. The molecule has 2 aliphatic heterocycles. The second-order valence-electron chi connectivity index (χ2n) is 13.1. The average molecular weight is 685 g/mol. The van der Waals surface area contributed by atoms with Crippen molar-refractivity contribution in [3.8, 4) is 10.8 Å². The summed E-state index contributed by atoms with van der Waals surface area (Å²) in [7, 11) is 0. The Bertz CT molecular complexity index is 1890. The zero-order chi connectivity index (χ0) is 34.2. The fourth-order valence-corrected chi connectivity index (χ4v) is 7.18. The number of amides is 1. The Morgan fingerprint density at radius 2 is 1.85 bits per heavy atom. The molecule has 5 heterocycles. The number of hydrogen-bond acceptors (Lipinski definition) is 10. The van der Waals surface area contributed by atoms with E-state index in [2.05, 4.69) is 15.5 Å². The number of halogens is 1. The Labute approximate surface area is 280 Å². The molecule has 1 amide bonds. The van der Waals surface area contributed by atoms with Gasteiger partial charge in [0.15, 0.2) is 0 Å². The van der Waals surface area contributed by atoms with Crippen LogP contribution in [0.5, 0.6) is 5.75 Å². The molecule has 1 aromatic carbocycles. The van der Waals surface area contributed by atoms with E-state index in [1.54, 1.807) is 40.7 Å². The van der Waals surface area contributed by atoms with Crippen LogP contribution in [-0.2, 0) is 31.1 Å². The average Bonchev–Trinajstić information content (AvgIpc) is 3.67. The molecular formula is C33H41FN6O7S. The fourth-order valence-electron chi connectivity index (χ4n) is 5.96. The van der Waals surface area contributed by atoms with Crippen molar-refractivity contribution < 1.29 is 28.1 Å². The first-order valence-electron chi connectivity index (χ1n) is 16.2. The molecular weight excluding hydrogens is 643 g/mol. The normalized spacial score (nSPS) is 16.7. The number of thiophene rings is 1. The maximum atomic E-state index is 15.0. The number of aryl methyl sites for hydroxylation is 1. The van der Waals surface area contributed by atoms with Gasteiger partial charge >= 0.3 is 5.69 Å². The van der Waals surface area contributed by atoms with Gasteiger partial charge < -0.3 is 24.3 Å². The highest BCUT2D eigenvalue weighted by atomic mass is 32.1. The van der Waals surface area contributed by atoms with Crippen LogP contribution in [0.25, 0.3) is 15.2 Å². The van der Waals surface area contributed by atoms with E-state index in [1.165, 1.54) is 45.2 Å². The molecule has 258 valence electrons. The van der Waals surface area contributed by atoms with Gasteiger partial charge in [-0.05, 0) is 65.7 Å². The molecule has 6 rings (SSSR count). The van der Waals surface area contributed by atoms with E-state index in [-0.39, 0.29) is 30.0 Å². The molecule has 0 bridgehead atoms. The standard InChI is InChI=1S/C33H41FN6O7S/c1-19(2)37-31(42)33(4,5)39-28(41)27-20(3)29(40-35-10-11-36-40)48-30(27)38(32(39)43)15-26(47-23-8-12-44-13-9-23)24-14-22(34)6-7-25(24)46-18-21-16-45-17-21/h6-7,10-11,14,19,21,23,26H,8-9,12-13,15-18H2,1-5H3,(H,37,42)/t26-/m0/s1. The van der Waals surface area contributed by atoms with Crippen molar-refractivity contribution in [2.24, 2.45) is 5.92 Å². The molecule has 48 heavy (non-hydrogen) atoms. The van der Waals surface area contributed by atoms with Crippen molar-refractivity contribution in [3.63, 3.8) is 0 Å². The molecule has 3 aromatic heterocycles. The van der Waals surface area contributed by atoms with Gasteiger partial charge in [0.1, 0.15) is 33.0 Å². The van der Waals surface area contributed by atoms with Gasteiger partial charge in [-0.2, -0.15) is 10.2 Å². The van der Waals surface area contributed by atoms with Crippen molar-refractivity contribution in [1.29, 1.82) is 0 Å². The molecule has 4 aromatic rings. The number of benzene rings is 1. The van der Waals surface area contributed by atoms with Crippen LogP contribution < -0.4 is 21.3 Å². The van der Waals surface area contributed by atoms with E-state index in [1.807, 2.05) is 0 Å². The molecule has 0 spiro atoms. The summed E-state index contributed by atoms with van der Waals surface area (Å²) in [6.45, 7) is 10.9. The molecule has 0 saturated carbocycles. The van der Waals surface area contributed by atoms with Gasteiger partial charge in [0.05, 0.1) is 50.2 Å². The van der Waals surface area contributed by atoms with Crippen molar-refractivity contribution in [1.82, 2.24) is 29.4 Å². The number of rotatable bonds is 12. The lowest BCUT2D eigenvalue weighted by Gasteiger charge is -2.31. The predicted molar refractivity (Wildman–Crippen MR) is 176 cm³/mol. The highest BCUT2D eigenvalue weighted by Crippen LogP contribution is 2.36.